The van der Waals surface area contributed by atoms with Crippen molar-refractivity contribution in [3.05, 3.63) is 7.05 Å². The van der Waals surface area contributed by atoms with Gasteiger partial charge in [0.25, 0.3) is 0 Å². The third kappa shape index (κ3) is 2.48. The van der Waals surface area contributed by atoms with E-state index in [-0.39, 0.29) is 11.9 Å². The van der Waals surface area contributed by atoms with E-state index < -0.39 is 0 Å². The summed E-state index contributed by atoms with van der Waals surface area (Å²) in [5.74, 6) is 0.0459. The minimum Gasteiger partial charge on any atom is -0.467 e. The summed E-state index contributed by atoms with van der Waals surface area (Å²) in [5, 5.41) is 0. The largest absolute Gasteiger partial charge is 0.467 e. The van der Waals surface area contributed by atoms with Crippen molar-refractivity contribution in [3.8, 4) is 0 Å². The third-order valence-corrected chi connectivity index (χ3v) is 2.24. The Bertz CT molecular complexity index is 159. The SMILES string of the molecule is [CH2-][NH+]1CCC[C@@H](C(=O)OCC)C1. The zero-order chi connectivity index (χ0) is 8.97. The predicted molar refractivity (Wildman–Crippen MR) is 45.4 cm³/mol. The molecule has 0 aromatic heterocycles. The van der Waals surface area contributed by atoms with Crippen LogP contribution in [-0.2, 0) is 9.53 Å². The maximum absolute atomic E-state index is 11.3. The molecule has 2 atom stereocenters. The highest BCUT2D eigenvalue weighted by atomic mass is 16.5. The van der Waals surface area contributed by atoms with Gasteiger partial charge < -0.3 is 9.64 Å². The lowest BCUT2D eigenvalue weighted by Crippen LogP contribution is -3.08. The van der Waals surface area contributed by atoms with Crippen molar-refractivity contribution in [2.24, 2.45) is 5.92 Å². The number of piperidine rings is 1. The Morgan fingerprint density at radius 1 is 1.75 bits per heavy atom. The molecule has 1 fully saturated rings. The zero-order valence-corrected chi connectivity index (χ0v) is 7.64. The highest BCUT2D eigenvalue weighted by molar-refractivity contribution is 5.72. The van der Waals surface area contributed by atoms with Crippen LogP contribution in [0.25, 0.3) is 0 Å². The van der Waals surface area contributed by atoms with Gasteiger partial charge in [-0.15, -0.1) is 0 Å². The summed E-state index contributed by atoms with van der Waals surface area (Å²) in [6, 6.07) is 0. The maximum atomic E-state index is 11.3. The highest BCUT2D eigenvalue weighted by Gasteiger charge is 2.25. The molecule has 12 heavy (non-hydrogen) atoms. The normalized spacial score (nSPS) is 29.8. The molecule has 3 heteroatoms. The summed E-state index contributed by atoms with van der Waals surface area (Å²) >= 11 is 0. The number of esters is 1. The standard InChI is InChI=1S/C9H17NO2/c1-3-12-9(11)8-5-4-6-10(2)7-8/h8,10H,2-7H2,1H3/t8-/m1/s1. The van der Waals surface area contributed by atoms with Crippen LogP contribution in [0.1, 0.15) is 19.8 Å². The Balaban J connectivity index is 2.35. The van der Waals surface area contributed by atoms with Crippen LogP contribution >= 0.6 is 0 Å². The van der Waals surface area contributed by atoms with Gasteiger partial charge in [-0.25, -0.2) is 0 Å². The number of ether oxygens (including phenoxy) is 1. The number of quaternary nitrogens is 1. The number of hydrogen-bond acceptors (Lipinski definition) is 2. The molecule has 0 amide bonds. The molecule has 1 rings (SSSR count). The lowest BCUT2D eigenvalue weighted by Gasteiger charge is -2.30. The number of carbonyl (C=O) groups is 1. The second-order valence-electron chi connectivity index (χ2n) is 3.30. The van der Waals surface area contributed by atoms with Crippen LogP contribution in [0, 0.1) is 13.0 Å². The van der Waals surface area contributed by atoms with Crippen molar-refractivity contribution in [2.75, 3.05) is 19.7 Å². The lowest BCUT2D eigenvalue weighted by atomic mass is 9.99. The zero-order valence-electron chi connectivity index (χ0n) is 7.64. The van der Waals surface area contributed by atoms with Crippen molar-refractivity contribution in [1.82, 2.24) is 0 Å². The van der Waals surface area contributed by atoms with Crippen LogP contribution < -0.4 is 4.90 Å². The molecule has 1 saturated heterocycles. The van der Waals surface area contributed by atoms with Crippen LogP contribution in [0.3, 0.4) is 0 Å². The summed E-state index contributed by atoms with van der Waals surface area (Å²) < 4.78 is 4.95. The fourth-order valence-electron chi connectivity index (χ4n) is 1.61. The van der Waals surface area contributed by atoms with Gasteiger partial charge in [0.15, 0.2) is 0 Å². The Labute approximate surface area is 73.7 Å². The van der Waals surface area contributed by atoms with Crippen LogP contribution in [0.2, 0.25) is 0 Å². The Hall–Kier alpha value is -0.570. The van der Waals surface area contributed by atoms with E-state index in [4.69, 9.17) is 4.74 Å². The Kier molecular flexibility index (Phi) is 3.53. The fraction of sp³-hybridized carbons (Fsp3) is 0.778. The first-order chi connectivity index (χ1) is 5.74. The van der Waals surface area contributed by atoms with Crippen LogP contribution in [-0.4, -0.2) is 25.7 Å². The van der Waals surface area contributed by atoms with Gasteiger partial charge in [-0.05, 0) is 19.8 Å². The van der Waals surface area contributed by atoms with E-state index in [0.717, 1.165) is 25.9 Å². The average molecular weight is 171 g/mol. The molecule has 1 aliphatic rings. The van der Waals surface area contributed by atoms with E-state index in [2.05, 4.69) is 7.05 Å². The summed E-state index contributed by atoms with van der Waals surface area (Å²) in [7, 11) is 3.90. The fourth-order valence-corrected chi connectivity index (χ4v) is 1.61. The molecule has 0 aromatic rings. The molecular weight excluding hydrogens is 154 g/mol. The van der Waals surface area contributed by atoms with Crippen molar-refractivity contribution < 1.29 is 14.4 Å². The number of nitrogens with one attached hydrogen (secondary N) is 1. The first-order valence-corrected chi connectivity index (χ1v) is 4.57. The van der Waals surface area contributed by atoms with Crippen molar-refractivity contribution in [1.29, 1.82) is 0 Å². The van der Waals surface area contributed by atoms with Gasteiger partial charge in [-0.2, -0.15) is 7.05 Å². The van der Waals surface area contributed by atoms with Gasteiger partial charge in [0, 0.05) is 0 Å². The minimum absolute atomic E-state index is 0.0432. The van der Waals surface area contributed by atoms with E-state index in [9.17, 15) is 4.79 Å². The van der Waals surface area contributed by atoms with Crippen LogP contribution in [0.5, 0.6) is 0 Å². The van der Waals surface area contributed by atoms with E-state index in [1.807, 2.05) is 6.92 Å². The Morgan fingerprint density at radius 3 is 3.08 bits per heavy atom. The first kappa shape index (κ1) is 9.52. The topological polar surface area (TPSA) is 30.7 Å². The smallest absolute Gasteiger partial charge is 0.314 e. The van der Waals surface area contributed by atoms with Gasteiger partial charge in [-0.3, -0.25) is 4.79 Å². The number of hydrogen-bond donors (Lipinski definition) is 1. The Morgan fingerprint density at radius 2 is 2.50 bits per heavy atom. The van der Waals surface area contributed by atoms with Crippen LogP contribution in [0.15, 0.2) is 0 Å². The maximum Gasteiger partial charge on any atom is 0.314 e. The number of rotatable bonds is 2. The molecule has 0 saturated carbocycles. The molecule has 0 bridgehead atoms. The predicted octanol–water partition coefficient (Wildman–Crippen LogP) is -0.364. The minimum atomic E-state index is -0.0432. The van der Waals surface area contributed by atoms with E-state index in [1.54, 1.807) is 0 Å². The summed E-state index contributed by atoms with van der Waals surface area (Å²) in [4.78, 5) is 12.5. The summed E-state index contributed by atoms with van der Waals surface area (Å²) in [5.41, 5.74) is 0. The van der Waals surface area contributed by atoms with Crippen molar-refractivity contribution in [3.63, 3.8) is 0 Å². The quantitative estimate of drug-likeness (QED) is 0.454. The molecule has 1 aliphatic heterocycles. The second kappa shape index (κ2) is 4.45. The molecule has 1 N–H and O–H groups in total. The van der Waals surface area contributed by atoms with Crippen molar-refractivity contribution in [2.45, 2.75) is 19.8 Å². The molecule has 1 heterocycles. The summed E-state index contributed by atoms with van der Waals surface area (Å²) in [6.45, 7) is 4.24. The molecule has 0 aliphatic carbocycles. The molecule has 70 valence electrons. The average Bonchev–Trinajstić information content (AvgIpc) is 2.05. The molecule has 3 nitrogen and oxygen atoms in total. The molecule has 0 radical (unpaired) electrons. The highest BCUT2D eigenvalue weighted by Crippen LogP contribution is 2.08. The molecule has 0 aromatic carbocycles. The van der Waals surface area contributed by atoms with E-state index in [1.165, 1.54) is 4.90 Å². The molecule has 1 unspecified atom stereocenters. The van der Waals surface area contributed by atoms with Gasteiger partial charge >= 0.3 is 5.97 Å². The van der Waals surface area contributed by atoms with E-state index >= 15 is 0 Å². The summed E-state index contributed by atoms with van der Waals surface area (Å²) in [6.07, 6.45) is 2.06. The van der Waals surface area contributed by atoms with Crippen LogP contribution in [0.4, 0.5) is 0 Å². The lowest BCUT2D eigenvalue weighted by molar-refractivity contribution is -0.862. The molecule has 0 spiro atoms. The molecular formula is C9H17NO2. The monoisotopic (exact) mass is 171 g/mol. The van der Waals surface area contributed by atoms with Crippen molar-refractivity contribution >= 4 is 5.97 Å². The van der Waals surface area contributed by atoms with E-state index in [0.29, 0.717) is 6.61 Å². The van der Waals surface area contributed by atoms with Gasteiger partial charge in [-0.1, -0.05) is 0 Å². The number of likely N-dealkylation sites (tertiary alicyclic amines) is 1. The number of carbonyl (C=O) groups excluding carboxylic acids is 1. The van der Waals surface area contributed by atoms with Gasteiger partial charge in [0.1, 0.15) is 5.92 Å². The van der Waals surface area contributed by atoms with Gasteiger partial charge in [0.2, 0.25) is 0 Å². The second-order valence-corrected chi connectivity index (χ2v) is 3.30. The van der Waals surface area contributed by atoms with Gasteiger partial charge in [0.05, 0.1) is 19.7 Å². The first-order valence-electron chi connectivity index (χ1n) is 4.57. The third-order valence-electron chi connectivity index (χ3n) is 2.24.